The second-order valence-electron chi connectivity index (χ2n) is 8.64. The summed E-state index contributed by atoms with van der Waals surface area (Å²) in [6, 6.07) is 2.73. The van der Waals surface area contributed by atoms with Crippen LogP contribution in [0.5, 0.6) is 5.88 Å². The number of nitrogens with one attached hydrogen (secondary N) is 1. The molecule has 0 fully saturated rings. The summed E-state index contributed by atoms with van der Waals surface area (Å²) in [5.41, 5.74) is 2.74. The zero-order chi connectivity index (χ0) is 24.8. The Morgan fingerprint density at radius 1 is 1.20 bits per heavy atom. The van der Waals surface area contributed by atoms with E-state index < -0.39 is 18.6 Å². The molecule has 8 nitrogen and oxygen atoms in total. The quantitative estimate of drug-likeness (QED) is 0.559. The van der Waals surface area contributed by atoms with E-state index in [4.69, 9.17) is 4.74 Å². The Labute approximate surface area is 201 Å². The fourth-order valence-corrected chi connectivity index (χ4v) is 4.12. The van der Waals surface area contributed by atoms with Gasteiger partial charge in [-0.3, -0.25) is 4.98 Å². The van der Waals surface area contributed by atoms with Crippen LogP contribution >= 0.6 is 0 Å². The number of nitrogens with zero attached hydrogens (tertiary/aromatic N) is 5. The van der Waals surface area contributed by atoms with E-state index in [0.29, 0.717) is 55.3 Å². The summed E-state index contributed by atoms with van der Waals surface area (Å²) in [4.78, 5) is 27.9. The van der Waals surface area contributed by atoms with Gasteiger partial charge in [0, 0.05) is 49.4 Å². The number of imidazole rings is 1. The number of carbonyl (C=O) groups is 1. The van der Waals surface area contributed by atoms with Crippen molar-refractivity contribution in [3.63, 3.8) is 0 Å². The third-order valence-electron chi connectivity index (χ3n) is 6.02. The minimum atomic E-state index is -4.26. The van der Waals surface area contributed by atoms with Gasteiger partial charge in [0.15, 0.2) is 0 Å². The lowest BCUT2D eigenvalue weighted by molar-refractivity contribution is -0.136. The normalized spacial score (nSPS) is 18.1. The molecule has 0 radical (unpaired) electrons. The number of hydrogen-bond donors (Lipinski definition) is 1. The van der Waals surface area contributed by atoms with Crippen molar-refractivity contribution in [1.29, 1.82) is 0 Å². The first kappa shape index (κ1) is 24.7. The molecule has 4 heterocycles. The van der Waals surface area contributed by atoms with E-state index in [1.54, 1.807) is 17.3 Å². The second kappa shape index (κ2) is 10.9. The number of hydrogen-bond acceptors (Lipinski definition) is 5. The molecule has 1 atom stereocenters. The summed E-state index contributed by atoms with van der Waals surface area (Å²) in [7, 11) is 0. The van der Waals surface area contributed by atoms with Crippen LogP contribution in [-0.2, 0) is 6.54 Å². The summed E-state index contributed by atoms with van der Waals surface area (Å²) in [6.45, 7) is 2.85. The van der Waals surface area contributed by atoms with Crippen molar-refractivity contribution in [3.8, 4) is 17.1 Å². The van der Waals surface area contributed by atoms with Crippen LogP contribution in [0.1, 0.15) is 51.1 Å². The lowest BCUT2D eigenvalue weighted by Crippen LogP contribution is -2.45. The number of pyridine rings is 1. The standard InChI is InChI=1S/C24H29F3N6O2/c1-2-32-15-19-14-17(8-10-28-19)20-16-33-12-11-29-21(33)22(31-20)35-13-5-3-4-6-18(30-23(32)34)7-9-24(25,26)27/h8,10-12,14,16,18H,2-7,9,13,15H2,1H3,(H,30,34)/t18-/m1/s1. The van der Waals surface area contributed by atoms with Crippen molar-refractivity contribution in [3.05, 3.63) is 42.6 Å². The van der Waals surface area contributed by atoms with Gasteiger partial charge in [0.05, 0.1) is 24.5 Å². The first-order valence-corrected chi connectivity index (χ1v) is 11.9. The van der Waals surface area contributed by atoms with Crippen LogP contribution in [0.25, 0.3) is 16.9 Å². The Balaban J connectivity index is 1.62. The number of rotatable bonds is 3. The topological polar surface area (TPSA) is 84.7 Å². The smallest absolute Gasteiger partial charge is 0.389 e. The van der Waals surface area contributed by atoms with Gasteiger partial charge in [-0.15, -0.1) is 0 Å². The maximum atomic E-state index is 12.9. The van der Waals surface area contributed by atoms with Gasteiger partial charge in [-0.25, -0.2) is 14.8 Å². The summed E-state index contributed by atoms with van der Waals surface area (Å²) in [5.74, 6) is 0.422. The fraction of sp³-hybridized carbons (Fsp3) is 0.500. The molecule has 4 bridgehead atoms. The highest BCUT2D eigenvalue weighted by Gasteiger charge is 2.29. The molecule has 3 aromatic heterocycles. The molecular weight excluding hydrogens is 461 g/mol. The molecule has 4 rings (SSSR count). The molecule has 0 saturated carbocycles. The third-order valence-corrected chi connectivity index (χ3v) is 6.02. The van der Waals surface area contributed by atoms with Crippen LogP contribution in [0.15, 0.2) is 36.9 Å². The van der Waals surface area contributed by atoms with Crippen LogP contribution in [0.2, 0.25) is 0 Å². The molecule has 0 unspecified atom stereocenters. The number of amides is 2. The summed E-state index contributed by atoms with van der Waals surface area (Å²) >= 11 is 0. The van der Waals surface area contributed by atoms with Gasteiger partial charge in [-0.05, 0) is 44.7 Å². The maximum absolute atomic E-state index is 12.9. The van der Waals surface area contributed by atoms with Crippen LogP contribution in [0.4, 0.5) is 18.0 Å². The van der Waals surface area contributed by atoms with Gasteiger partial charge in [-0.1, -0.05) is 6.42 Å². The van der Waals surface area contributed by atoms with E-state index >= 15 is 0 Å². The van der Waals surface area contributed by atoms with E-state index in [2.05, 4.69) is 20.3 Å². The summed E-state index contributed by atoms with van der Waals surface area (Å²) < 4.78 is 46.4. The van der Waals surface area contributed by atoms with Gasteiger partial charge >= 0.3 is 12.2 Å². The highest BCUT2D eigenvalue weighted by Crippen LogP contribution is 2.26. The molecule has 35 heavy (non-hydrogen) atoms. The van der Waals surface area contributed by atoms with E-state index in [-0.39, 0.29) is 19.0 Å². The predicted molar refractivity (Wildman–Crippen MR) is 124 cm³/mol. The zero-order valence-electron chi connectivity index (χ0n) is 19.6. The predicted octanol–water partition coefficient (Wildman–Crippen LogP) is 4.99. The number of carbonyl (C=O) groups excluding carboxylic acids is 1. The number of fused-ring (bicyclic) bond motifs is 7. The Hall–Kier alpha value is -3.37. The highest BCUT2D eigenvalue weighted by atomic mass is 19.4. The van der Waals surface area contributed by atoms with E-state index in [0.717, 1.165) is 12.0 Å². The third kappa shape index (κ3) is 6.61. The molecule has 3 aromatic rings. The molecule has 188 valence electrons. The largest absolute Gasteiger partial charge is 0.475 e. The van der Waals surface area contributed by atoms with Gasteiger partial charge in [-0.2, -0.15) is 13.2 Å². The summed E-state index contributed by atoms with van der Waals surface area (Å²) in [5, 5.41) is 2.82. The van der Waals surface area contributed by atoms with Gasteiger partial charge in [0.1, 0.15) is 0 Å². The molecule has 0 aromatic carbocycles. The van der Waals surface area contributed by atoms with Crippen LogP contribution in [0, 0.1) is 0 Å². The van der Waals surface area contributed by atoms with Crippen molar-refractivity contribution in [2.75, 3.05) is 13.2 Å². The first-order chi connectivity index (χ1) is 16.8. The molecule has 1 aliphatic heterocycles. The van der Waals surface area contributed by atoms with Crippen LogP contribution in [-0.4, -0.2) is 55.7 Å². The van der Waals surface area contributed by atoms with Gasteiger partial charge in [0.25, 0.3) is 5.88 Å². The number of alkyl halides is 3. The lowest BCUT2D eigenvalue weighted by Gasteiger charge is -2.26. The molecule has 11 heteroatoms. The average molecular weight is 491 g/mol. The number of urea groups is 1. The molecule has 0 saturated heterocycles. The molecule has 0 aliphatic carbocycles. The van der Waals surface area contributed by atoms with Crippen molar-refractivity contribution >= 4 is 11.7 Å². The minimum Gasteiger partial charge on any atom is -0.475 e. The van der Waals surface area contributed by atoms with E-state index in [1.165, 1.54) is 0 Å². The van der Waals surface area contributed by atoms with Gasteiger partial charge < -0.3 is 19.4 Å². The van der Waals surface area contributed by atoms with E-state index in [1.807, 2.05) is 35.9 Å². The van der Waals surface area contributed by atoms with Crippen molar-refractivity contribution in [1.82, 2.24) is 29.6 Å². The lowest BCUT2D eigenvalue weighted by atomic mass is 10.0. The molecule has 1 aliphatic rings. The van der Waals surface area contributed by atoms with Gasteiger partial charge in [0.2, 0.25) is 5.65 Å². The number of ether oxygens (including phenoxy) is 1. The number of aromatic nitrogens is 4. The molecule has 0 spiro atoms. The zero-order valence-corrected chi connectivity index (χ0v) is 19.6. The fourth-order valence-electron chi connectivity index (χ4n) is 4.12. The maximum Gasteiger partial charge on any atom is 0.389 e. The van der Waals surface area contributed by atoms with Crippen molar-refractivity contribution in [2.45, 2.75) is 64.2 Å². The molecular formula is C24H29F3N6O2. The average Bonchev–Trinajstić information content (AvgIpc) is 3.31. The SMILES string of the molecule is CCN1Cc2cc(ccn2)-c2cn3ccnc3c(n2)OCCCCC[C@H](CCC(F)(F)F)NC1=O. The first-order valence-electron chi connectivity index (χ1n) is 11.9. The summed E-state index contributed by atoms with van der Waals surface area (Å²) in [6.07, 6.45) is 4.26. The van der Waals surface area contributed by atoms with Crippen molar-refractivity contribution in [2.24, 2.45) is 0 Å². The Bertz CT molecular complexity index is 1150. The molecule has 2 amide bonds. The monoisotopic (exact) mass is 490 g/mol. The Kier molecular flexibility index (Phi) is 7.72. The molecule has 1 N–H and O–H groups in total. The van der Waals surface area contributed by atoms with Crippen LogP contribution in [0.3, 0.4) is 0 Å². The Morgan fingerprint density at radius 2 is 2.06 bits per heavy atom. The highest BCUT2D eigenvalue weighted by molar-refractivity contribution is 5.74. The second-order valence-corrected chi connectivity index (χ2v) is 8.64. The number of halogens is 3. The van der Waals surface area contributed by atoms with Crippen LogP contribution < -0.4 is 10.1 Å². The minimum absolute atomic E-state index is 0.148. The van der Waals surface area contributed by atoms with E-state index in [9.17, 15) is 18.0 Å². The Morgan fingerprint density at radius 3 is 2.86 bits per heavy atom. The van der Waals surface area contributed by atoms with Crippen molar-refractivity contribution < 1.29 is 22.7 Å².